The molecule has 0 aromatic carbocycles. The minimum atomic E-state index is -3.93. The average molecular weight is 230 g/mol. The summed E-state index contributed by atoms with van der Waals surface area (Å²) >= 11 is 0. The Morgan fingerprint density at radius 3 is 2.36 bits per heavy atom. The molecule has 0 fully saturated rings. The Balaban J connectivity index is 0. The van der Waals surface area contributed by atoms with E-state index in [2.05, 4.69) is 0 Å². The first-order valence-electron chi connectivity index (χ1n) is 3.66. The zero-order valence-electron chi connectivity index (χ0n) is 8.19. The number of carboxylic acid groups (broad SMARTS) is 1. The maximum Gasteiger partial charge on any atom is 1.00 e. The molecule has 0 heterocycles. The molecule has 0 atom stereocenters. The van der Waals surface area contributed by atoms with E-state index in [1.807, 2.05) is 0 Å². The molecule has 14 heavy (non-hydrogen) atoms. The van der Waals surface area contributed by atoms with Gasteiger partial charge < -0.3 is 9.90 Å². The van der Waals surface area contributed by atoms with E-state index in [0.717, 1.165) is 0 Å². The summed E-state index contributed by atoms with van der Waals surface area (Å²) in [5, 5.41) is 10.1. The van der Waals surface area contributed by atoms with E-state index in [4.69, 9.17) is 4.55 Å². The Hall–Kier alpha value is 0.120. The van der Waals surface area contributed by atoms with Crippen LogP contribution in [0, 0.1) is 0 Å². The van der Waals surface area contributed by atoms with Crippen molar-refractivity contribution in [2.45, 2.75) is 19.8 Å². The summed E-state index contributed by atoms with van der Waals surface area (Å²) in [6.45, 7) is 1.36. The quantitative estimate of drug-likeness (QED) is 0.227. The molecule has 0 rings (SSSR count). The van der Waals surface area contributed by atoms with E-state index in [9.17, 15) is 18.3 Å². The second-order valence-electron chi connectivity index (χ2n) is 2.60. The summed E-state index contributed by atoms with van der Waals surface area (Å²) in [6.07, 6.45) is 1.85. The second kappa shape index (κ2) is 7.42. The molecule has 0 radical (unpaired) electrons. The second-order valence-corrected chi connectivity index (χ2v) is 4.17. The van der Waals surface area contributed by atoms with E-state index >= 15 is 0 Å². The van der Waals surface area contributed by atoms with Gasteiger partial charge in [-0.3, -0.25) is 4.55 Å². The number of hydrogen-bond donors (Lipinski definition) is 1. The van der Waals surface area contributed by atoms with E-state index in [1.54, 1.807) is 0 Å². The zero-order valence-corrected chi connectivity index (χ0v) is 11.0. The van der Waals surface area contributed by atoms with Crippen molar-refractivity contribution in [3.63, 3.8) is 0 Å². The molecule has 1 N–H and O–H groups in total. The fourth-order valence-electron chi connectivity index (χ4n) is 0.668. The molecule has 0 aliphatic heterocycles. The predicted molar refractivity (Wildman–Crippen MR) is 44.4 cm³/mol. The maximum absolute atomic E-state index is 10.2. The molecule has 0 aliphatic rings. The number of rotatable bonds is 5. The van der Waals surface area contributed by atoms with E-state index in [0.29, 0.717) is 6.42 Å². The summed E-state index contributed by atoms with van der Waals surface area (Å²) in [6, 6.07) is 0. The van der Waals surface area contributed by atoms with E-state index in [-0.39, 0.29) is 47.3 Å². The standard InChI is InChI=1S/C7H12O5S.Na/c1-6(7(8)9)4-2-3-5-13(10,11)12;/h4H,2-3,5H2,1H3,(H,8,9)(H,10,11,12);/q;+1/p-1. The van der Waals surface area contributed by atoms with Gasteiger partial charge in [-0.25, -0.2) is 0 Å². The zero-order chi connectivity index (χ0) is 10.5. The molecular weight excluding hydrogens is 219 g/mol. The van der Waals surface area contributed by atoms with E-state index in [1.165, 1.54) is 13.0 Å². The summed E-state index contributed by atoms with van der Waals surface area (Å²) in [5.41, 5.74) is 0.0651. The van der Waals surface area contributed by atoms with Crippen LogP contribution in [0.5, 0.6) is 0 Å². The number of carbonyl (C=O) groups excluding carboxylic acids is 1. The molecule has 0 spiro atoms. The van der Waals surface area contributed by atoms with Gasteiger partial charge in [-0.05, 0) is 25.3 Å². The third-order valence-electron chi connectivity index (χ3n) is 1.38. The van der Waals surface area contributed by atoms with Crippen LogP contribution in [0.25, 0.3) is 0 Å². The first-order chi connectivity index (χ1) is 5.83. The SMILES string of the molecule is CC(=CCCCS(=O)(=O)O)C(=O)[O-].[Na+]. The minimum Gasteiger partial charge on any atom is -0.545 e. The molecule has 5 nitrogen and oxygen atoms in total. The average Bonchev–Trinajstić information content (AvgIpc) is 1.95. The van der Waals surface area contributed by atoms with Gasteiger partial charge in [-0.1, -0.05) is 6.08 Å². The van der Waals surface area contributed by atoms with Crippen LogP contribution in [0.4, 0.5) is 0 Å². The summed E-state index contributed by atoms with van der Waals surface area (Å²) in [5.74, 6) is -1.63. The topological polar surface area (TPSA) is 94.5 Å². The fraction of sp³-hybridized carbons (Fsp3) is 0.571. The van der Waals surface area contributed by atoms with Gasteiger partial charge in [0.25, 0.3) is 10.1 Å². The van der Waals surface area contributed by atoms with Crippen LogP contribution in [-0.2, 0) is 14.9 Å². The van der Waals surface area contributed by atoms with Crippen LogP contribution >= 0.6 is 0 Å². The molecule has 0 saturated heterocycles. The fourth-order valence-corrected chi connectivity index (χ4v) is 1.20. The molecule has 76 valence electrons. The van der Waals surface area contributed by atoms with Crippen molar-refractivity contribution in [1.82, 2.24) is 0 Å². The van der Waals surface area contributed by atoms with Crippen molar-refractivity contribution >= 4 is 16.1 Å². The molecular formula is C7H11NaO5S. The van der Waals surface area contributed by atoms with Gasteiger partial charge in [-0.15, -0.1) is 0 Å². The Labute approximate surface area is 105 Å². The number of hydrogen-bond acceptors (Lipinski definition) is 4. The summed E-state index contributed by atoms with van der Waals surface area (Å²) in [4.78, 5) is 10.1. The van der Waals surface area contributed by atoms with Gasteiger partial charge in [0.05, 0.1) is 11.7 Å². The number of unbranched alkanes of at least 4 members (excludes halogenated alkanes) is 1. The predicted octanol–water partition coefficient (Wildman–Crippen LogP) is -3.65. The van der Waals surface area contributed by atoms with Gasteiger partial charge in [-0.2, -0.15) is 8.42 Å². The largest absolute Gasteiger partial charge is 1.00 e. The van der Waals surface area contributed by atoms with Gasteiger partial charge >= 0.3 is 29.6 Å². The van der Waals surface area contributed by atoms with Crippen LogP contribution in [0.15, 0.2) is 11.6 Å². The summed E-state index contributed by atoms with van der Waals surface area (Å²) < 4.78 is 28.7. The van der Waals surface area contributed by atoms with Crippen molar-refractivity contribution in [3.8, 4) is 0 Å². The first-order valence-corrected chi connectivity index (χ1v) is 5.27. The van der Waals surface area contributed by atoms with Crippen LogP contribution < -0.4 is 34.7 Å². The van der Waals surface area contributed by atoms with E-state index < -0.39 is 16.1 Å². The van der Waals surface area contributed by atoms with Gasteiger partial charge in [0, 0.05) is 0 Å². The van der Waals surface area contributed by atoms with Crippen molar-refractivity contribution in [2.24, 2.45) is 0 Å². The summed E-state index contributed by atoms with van der Waals surface area (Å²) in [7, 11) is -3.93. The molecule has 0 amide bonds. The third kappa shape index (κ3) is 10.2. The van der Waals surface area contributed by atoms with Crippen molar-refractivity contribution < 1.29 is 52.4 Å². The third-order valence-corrected chi connectivity index (χ3v) is 2.18. The Kier molecular flexibility index (Phi) is 8.77. The Morgan fingerprint density at radius 1 is 1.50 bits per heavy atom. The molecule has 0 aromatic heterocycles. The number of carbonyl (C=O) groups is 1. The Bertz CT molecular complexity index is 306. The minimum absolute atomic E-state index is 0. The van der Waals surface area contributed by atoms with Crippen LogP contribution in [0.3, 0.4) is 0 Å². The number of allylic oxidation sites excluding steroid dienone is 1. The first kappa shape index (κ1) is 16.5. The smallest absolute Gasteiger partial charge is 0.545 e. The Morgan fingerprint density at radius 2 is 2.00 bits per heavy atom. The van der Waals surface area contributed by atoms with Gasteiger partial charge in [0.1, 0.15) is 0 Å². The van der Waals surface area contributed by atoms with Crippen molar-refractivity contribution in [1.29, 1.82) is 0 Å². The number of aliphatic carboxylic acids is 1. The molecule has 7 heteroatoms. The maximum atomic E-state index is 10.2. The van der Waals surface area contributed by atoms with Crippen LogP contribution in [0.1, 0.15) is 19.8 Å². The molecule has 0 unspecified atom stereocenters. The normalized spacial score (nSPS) is 12.0. The molecule has 0 saturated carbocycles. The monoisotopic (exact) mass is 230 g/mol. The van der Waals surface area contributed by atoms with Gasteiger partial charge in [0.2, 0.25) is 0 Å². The van der Waals surface area contributed by atoms with Gasteiger partial charge in [0.15, 0.2) is 0 Å². The molecule has 0 aliphatic carbocycles. The van der Waals surface area contributed by atoms with Crippen molar-refractivity contribution in [3.05, 3.63) is 11.6 Å². The number of carboxylic acids is 1. The van der Waals surface area contributed by atoms with Crippen LogP contribution in [-0.4, -0.2) is 24.7 Å². The van der Waals surface area contributed by atoms with Crippen LogP contribution in [0.2, 0.25) is 0 Å². The molecule has 0 aromatic rings. The molecule has 0 bridgehead atoms. The van der Waals surface area contributed by atoms with Crippen molar-refractivity contribution in [2.75, 3.05) is 5.75 Å².